The molecule has 3 aromatic rings. The lowest BCUT2D eigenvalue weighted by molar-refractivity contribution is 0.0526. The number of carbonyl (C=O) groups is 2. The molecule has 0 aliphatic heterocycles. The van der Waals surface area contributed by atoms with Gasteiger partial charge in [0.25, 0.3) is 5.91 Å². The molecule has 1 aromatic heterocycles. The largest absolute Gasteiger partial charge is 0.495 e. The lowest BCUT2D eigenvalue weighted by Crippen LogP contribution is -2.15. The maximum Gasteiger partial charge on any atom is 0.338 e. The number of anilines is 3. The van der Waals surface area contributed by atoms with Gasteiger partial charge in [-0.3, -0.25) is 4.79 Å². The van der Waals surface area contributed by atoms with Gasteiger partial charge in [0.15, 0.2) is 11.5 Å². The van der Waals surface area contributed by atoms with E-state index in [-0.39, 0.29) is 11.7 Å². The van der Waals surface area contributed by atoms with E-state index in [4.69, 9.17) is 9.47 Å². The third-order valence-electron chi connectivity index (χ3n) is 3.92. The Labute approximate surface area is 167 Å². The zero-order valence-corrected chi connectivity index (χ0v) is 16.0. The summed E-state index contributed by atoms with van der Waals surface area (Å²) < 4.78 is 10.2. The van der Waals surface area contributed by atoms with Crippen LogP contribution < -0.4 is 15.4 Å². The average molecular weight is 392 g/mol. The Bertz CT molecular complexity index is 988. The number of nitrogens with zero attached hydrogens (tertiary/aromatic N) is 2. The van der Waals surface area contributed by atoms with E-state index in [0.717, 1.165) is 5.69 Å². The summed E-state index contributed by atoms with van der Waals surface area (Å²) >= 11 is 0. The zero-order valence-electron chi connectivity index (χ0n) is 16.0. The highest BCUT2D eigenvalue weighted by Gasteiger charge is 2.12. The molecule has 0 aliphatic rings. The molecule has 8 nitrogen and oxygen atoms in total. The molecule has 0 aliphatic carbocycles. The second-order valence-electron chi connectivity index (χ2n) is 5.88. The number of hydrogen-bond acceptors (Lipinski definition) is 7. The summed E-state index contributed by atoms with van der Waals surface area (Å²) in [5.41, 5.74) is 1.90. The number of esters is 1. The molecule has 3 rings (SSSR count). The van der Waals surface area contributed by atoms with Gasteiger partial charge in [0.1, 0.15) is 5.75 Å². The quantitative estimate of drug-likeness (QED) is 0.592. The molecule has 148 valence electrons. The van der Waals surface area contributed by atoms with Crippen molar-refractivity contribution in [2.24, 2.45) is 0 Å². The molecule has 2 aromatic carbocycles. The number of methoxy groups -OCH3 is 1. The number of aromatic nitrogens is 2. The Kier molecular flexibility index (Phi) is 6.36. The molecule has 8 heteroatoms. The summed E-state index contributed by atoms with van der Waals surface area (Å²) in [4.78, 5) is 24.0. The topological polar surface area (TPSA) is 102 Å². The van der Waals surface area contributed by atoms with Gasteiger partial charge < -0.3 is 20.1 Å². The van der Waals surface area contributed by atoms with Crippen LogP contribution in [0.3, 0.4) is 0 Å². The Morgan fingerprint density at radius 3 is 2.38 bits per heavy atom. The molecule has 0 saturated carbocycles. The number of hydrogen-bond donors (Lipinski definition) is 2. The first-order valence-corrected chi connectivity index (χ1v) is 8.93. The minimum Gasteiger partial charge on any atom is -0.495 e. The number of rotatable bonds is 7. The van der Waals surface area contributed by atoms with E-state index in [1.165, 1.54) is 7.11 Å². The van der Waals surface area contributed by atoms with Gasteiger partial charge in [0.05, 0.1) is 25.0 Å². The van der Waals surface area contributed by atoms with Gasteiger partial charge in [0, 0.05) is 5.69 Å². The lowest BCUT2D eigenvalue weighted by Gasteiger charge is -2.09. The average Bonchev–Trinajstić information content (AvgIpc) is 2.75. The van der Waals surface area contributed by atoms with Crippen LogP contribution in [0.1, 0.15) is 27.8 Å². The minimum absolute atomic E-state index is 0.166. The maximum atomic E-state index is 12.4. The molecule has 0 spiro atoms. The van der Waals surface area contributed by atoms with Gasteiger partial charge in [-0.25, -0.2) is 4.79 Å². The van der Waals surface area contributed by atoms with Gasteiger partial charge in [-0.2, -0.15) is 0 Å². The number of para-hydroxylation sites is 2. The van der Waals surface area contributed by atoms with Crippen molar-refractivity contribution >= 4 is 29.1 Å². The summed E-state index contributed by atoms with van der Waals surface area (Å²) in [6.45, 7) is 2.08. The van der Waals surface area contributed by atoms with Gasteiger partial charge in [-0.05, 0) is 55.5 Å². The van der Waals surface area contributed by atoms with Crippen molar-refractivity contribution in [3.63, 3.8) is 0 Å². The van der Waals surface area contributed by atoms with Crippen molar-refractivity contribution in [2.75, 3.05) is 24.4 Å². The first-order chi connectivity index (χ1) is 14.1. The van der Waals surface area contributed by atoms with Crippen molar-refractivity contribution in [1.82, 2.24) is 10.2 Å². The van der Waals surface area contributed by atoms with E-state index in [9.17, 15) is 9.59 Å². The second kappa shape index (κ2) is 9.32. The van der Waals surface area contributed by atoms with Crippen LogP contribution in [0.15, 0.2) is 60.7 Å². The van der Waals surface area contributed by atoms with Crippen molar-refractivity contribution in [1.29, 1.82) is 0 Å². The van der Waals surface area contributed by atoms with Crippen LogP contribution in [-0.2, 0) is 4.74 Å². The fourth-order valence-electron chi connectivity index (χ4n) is 2.51. The van der Waals surface area contributed by atoms with Crippen molar-refractivity contribution in [3.8, 4) is 5.75 Å². The molecule has 2 N–H and O–H groups in total. The summed E-state index contributed by atoms with van der Waals surface area (Å²) in [7, 11) is 1.53. The van der Waals surface area contributed by atoms with Crippen LogP contribution in [0.5, 0.6) is 5.75 Å². The number of amides is 1. The van der Waals surface area contributed by atoms with E-state index in [1.807, 2.05) is 6.07 Å². The Hall–Kier alpha value is -3.94. The number of carbonyl (C=O) groups excluding carboxylic acids is 2. The van der Waals surface area contributed by atoms with Crippen molar-refractivity contribution in [2.45, 2.75) is 6.92 Å². The van der Waals surface area contributed by atoms with E-state index in [0.29, 0.717) is 29.4 Å². The molecular weight excluding hydrogens is 372 g/mol. The first kappa shape index (κ1) is 19.8. The van der Waals surface area contributed by atoms with Gasteiger partial charge >= 0.3 is 5.97 Å². The predicted octanol–water partition coefficient (Wildman–Crippen LogP) is 3.66. The standard InChI is InChI=1S/C21H20N4O4/c1-3-29-21(27)14-8-10-15(11-9-14)22-19-13-12-17(24-25-19)20(26)23-16-6-4-5-7-18(16)28-2/h4-13H,3H2,1-2H3,(H,22,25)(H,23,26). The summed E-state index contributed by atoms with van der Waals surface area (Å²) in [6.07, 6.45) is 0. The molecule has 0 radical (unpaired) electrons. The molecule has 0 fully saturated rings. The lowest BCUT2D eigenvalue weighted by atomic mass is 10.2. The Morgan fingerprint density at radius 2 is 1.72 bits per heavy atom. The molecule has 0 saturated heterocycles. The van der Waals surface area contributed by atoms with Gasteiger partial charge in [-0.15, -0.1) is 10.2 Å². The highest BCUT2D eigenvalue weighted by molar-refractivity contribution is 6.03. The van der Waals surface area contributed by atoms with Crippen molar-refractivity contribution in [3.05, 3.63) is 71.9 Å². The highest BCUT2D eigenvalue weighted by atomic mass is 16.5. The van der Waals surface area contributed by atoms with E-state index in [2.05, 4.69) is 20.8 Å². The van der Waals surface area contributed by atoms with Crippen LogP contribution >= 0.6 is 0 Å². The smallest absolute Gasteiger partial charge is 0.338 e. The van der Waals surface area contributed by atoms with Crippen molar-refractivity contribution < 1.29 is 19.1 Å². The summed E-state index contributed by atoms with van der Waals surface area (Å²) in [5.74, 6) is 0.248. The number of ether oxygens (including phenoxy) is 2. The first-order valence-electron chi connectivity index (χ1n) is 8.93. The van der Waals surface area contributed by atoms with E-state index < -0.39 is 5.91 Å². The molecule has 1 heterocycles. The Morgan fingerprint density at radius 1 is 0.966 bits per heavy atom. The molecule has 1 amide bonds. The van der Waals surface area contributed by atoms with Gasteiger partial charge in [0.2, 0.25) is 0 Å². The van der Waals surface area contributed by atoms with E-state index >= 15 is 0 Å². The molecule has 29 heavy (non-hydrogen) atoms. The SMILES string of the molecule is CCOC(=O)c1ccc(Nc2ccc(C(=O)Nc3ccccc3OC)nn2)cc1. The normalized spacial score (nSPS) is 10.1. The van der Waals surface area contributed by atoms with Crippen LogP contribution in [0.4, 0.5) is 17.2 Å². The minimum atomic E-state index is -0.396. The molecule has 0 bridgehead atoms. The Balaban J connectivity index is 1.64. The molecule has 0 unspecified atom stereocenters. The van der Waals surface area contributed by atoms with Crippen LogP contribution in [0, 0.1) is 0 Å². The molecule has 0 atom stereocenters. The third-order valence-corrected chi connectivity index (χ3v) is 3.92. The highest BCUT2D eigenvalue weighted by Crippen LogP contribution is 2.23. The monoisotopic (exact) mass is 392 g/mol. The van der Waals surface area contributed by atoms with Crippen LogP contribution in [0.2, 0.25) is 0 Å². The zero-order chi connectivity index (χ0) is 20.6. The fourth-order valence-corrected chi connectivity index (χ4v) is 2.51. The maximum absolute atomic E-state index is 12.4. The third kappa shape index (κ3) is 5.07. The second-order valence-corrected chi connectivity index (χ2v) is 5.88. The van der Waals surface area contributed by atoms with E-state index in [1.54, 1.807) is 61.5 Å². The number of nitrogens with one attached hydrogen (secondary N) is 2. The predicted molar refractivity (Wildman–Crippen MR) is 109 cm³/mol. The molecular formula is C21H20N4O4. The fraction of sp³-hybridized carbons (Fsp3) is 0.143. The van der Waals surface area contributed by atoms with Crippen LogP contribution in [0.25, 0.3) is 0 Å². The van der Waals surface area contributed by atoms with Gasteiger partial charge in [-0.1, -0.05) is 12.1 Å². The van der Waals surface area contributed by atoms with Crippen LogP contribution in [-0.4, -0.2) is 35.8 Å². The summed E-state index contributed by atoms with van der Waals surface area (Å²) in [5, 5.41) is 13.8. The summed E-state index contributed by atoms with van der Waals surface area (Å²) in [6, 6.07) is 17.1. The number of benzene rings is 2.